The molecule has 0 radical (unpaired) electrons. The Balaban J connectivity index is 1.81. The third kappa shape index (κ3) is 4.21. The SMILES string of the molecule is Nc1ccc(F)c(NC(=O)CCC2CCCCO2)c1. The Morgan fingerprint density at radius 2 is 2.32 bits per heavy atom. The smallest absolute Gasteiger partial charge is 0.224 e. The molecule has 1 amide bonds. The normalized spacial score (nSPS) is 19.1. The highest BCUT2D eigenvalue weighted by molar-refractivity contribution is 5.91. The number of amides is 1. The summed E-state index contributed by atoms with van der Waals surface area (Å²) in [4.78, 5) is 11.7. The summed E-state index contributed by atoms with van der Waals surface area (Å²) in [5.41, 5.74) is 6.11. The fourth-order valence-electron chi connectivity index (χ4n) is 2.18. The van der Waals surface area contributed by atoms with E-state index in [1.54, 1.807) is 0 Å². The molecule has 1 saturated heterocycles. The van der Waals surface area contributed by atoms with Crippen LogP contribution in [-0.4, -0.2) is 18.6 Å². The van der Waals surface area contributed by atoms with E-state index in [4.69, 9.17) is 10.5 Å². The van der Waals surface area contributed by atoms with Crippen LogP contribution >= 0.6 is 0 Å². The van der Waals surface area contributed by atoms with Crippen molar-refractivity contribution >= 4 is 17.3 Å². The van der Waals surface area contributed by atoms with Crippen LogP contribution in [0.4, 0.5) is 15.8 Å². The van der Waals surface area contributed by atoms with Crippen LogP contribution in [0.15, 0.2) is 18.2 Å². The van der Waals surface area contributed by atoms with Gasteiger partial charge in [0.25, 0.3) is 0 Å². The second-order valence-corrected chi connectivity index (χ2v) is 4.81. The standard InChI is InChI=1S/C14H19FN2O2/c15-12-6-4-10(16)9-13(12)17-14(18)7-5-11-3-1-2-8-19-11/h4,6,9,11H,1-3,5,7-8,16H2,(H,17,18). The summed E-state index contributed by atoms with van der Waals surface area (Å²) in [5, 5.41) is 2.54. The first-order valence-electron chi connectivity index (χ1n) is 6.61. The molecule has 2 rings (SSSR count). The van der Waals surface area contributed by atoms with Crippen LogP contribution in [0, 0.1) is 5.82 Å². The zero-order valence-electron chi connectivity index (χ0n) is 10.8. The molecule has 1 aromatic carbocycles. The number of ether oxygens (including phenoxy) is 1. The molecule has 0 bridgehead atoms. The van der Waals surface area contributed by atoms with Gasteiger partial charge in [0.2, 0.25) is 5.91 Å². The molecule has 3 N–H and O–H groups in total. The lowest BCUT2D eigenvalue weighted by Crippen LogP contribution is -2.22. The van der Waals surface area contributed by atoms with Crippen molar-refractivity contribution in [3.05, 3.63) is 24.0 Å². The number of carbonyl (C=O) groups is 1. The number of nitrogen functional groups attached to an aromatic ring is 1. The predicted molar refractivity (Wildman–Crippen MR) is 72.3 cm³/mol. The fourth-order valence-corrected chi connectivity index (χ4v) is 2.18. The largest absolute Gasteiger partial charge is 0.399 e. The summed E-state index contributed by atoms with van der Waals surface area (Å²) in [6, 6.07) is 4.13. The van der Waals surface area contributed by atoms with E-state index in [1.165, 1.54) is 18.2 Å². The highest BCUT2D eigenvalue weighted by Gasteiger charge is 2.15. The van der Waals surface area contributed by atoms with Crippen molar-refractivity contribution in [2.45, 2.75) is 38.2 Å². The molecule has 0 spiro atoms. The third-order valence-corrected chi connectivity index (χ3v) is 3.23. The Morgan fingerprint density at radius 1 is 1.47 bits per heavy atom. The van der Waals surface area contributed by atoms with Crippen molar-refractivity contribution in [2.24, 2.45) is 0 Å². The summed E-state index contributed by atoms with van der Waals surface area (Å²) in [6.07, 6.45) is 4.41. The molecule has 0 aromatic heterocycles. The zero-order valence-corrected chi connectivity index (χ0v) is 10.8. The van der Waals surface area contributed by atoms with Gasteiger partial charge >= 0.3 is 0 Å². The highest BCUT2D eigenvalue weighted by atomic mass is 19.1. The van der Waals surface area contributed by atoms with Crippen LogP contribution in [0.3, 0.4) is 0 Å². The molecule has 5 heteroatoms. The number of nitrogens with two attached hydrogens (primary N) is 1. The molecule has 0 saturated carbocycles. The number of rotatable bonds is 4. The molecule has 1 fully saturated rings. The lowest BCUT2D eigenvalue weighted by Gasteiger charge is -2.22. The van der Waals surface area contributed by atoms with Gasteiger partial charge in [-0.25, -0.2) is 4.39 Å². The minimum absolute atomic E-state index is 0.134. The van der Waals surface area contributed by atoms with Gasteiger partial charge in [-0.1, -0.05) is 0 Å². The average molecular weight is 266 g/mol. The second-order valence-electron chi connectivity index (χ2n) is 4.81. The molecular formula is C14H19FN2O2. The van der Waals surface area contributed by atoms with Gasteiger partial charge in [-0.2, -0.15) is 0 Å². The minimum Gasteiger partial charge on any atom is -0.399 e. The number of hydrogen-bond donors (Lipinski definition) is 2. The van der Waals surface area contributed by atoms with E-state index in [9.17, 15) is 9.18 Å². The quantitative estimate of drug-likeness (QED) is 0.823. The van der Waals surface area contributed by atoms with E-state index in [-0.39, 0.29) is 17.7 Å². The first-order valence-corrected chi connectivity index (χ1v) is 6.61. The van der Waals surface area contributed by atoms with Gasteiger partial charge in [-0.05, 0) is 43.9 Å². The van der Waals surface area contributed by atoms with E-state index < -0.39 is 5.82 Å². The first-order chi connectivity index (χ1) is 9.15. The van der Waals surface area contributed by atoms with Crippen molar-refractivity contribution in [1.82, 2.24) is 0 Å². The number of carbonyl (C=O) groups excluding carboxylic acids is 1. The van der Waals surface area contributed by atoms with Crippen LogP contribution in [-0.2, 0) is 9.53 Å². The Bertz CT molecular complexity index is 445. The lowest BCUT2D eigenvalue weighted by molar-refractivity contribution is -0.117. The third-order valence-electron chi connectivity index (χ3n) is 3.23. The van der Waals surface area contributed by atoms with Gasteiger partial charge < -0.3 is 15.8 Å². The molecule has 104 valence electrons. The molecule has 1 atom stereocenters. The Labute approximate surface area is 112 Å². The topological polar surface area (TPSA) is 64.3 Å². The number of hydrogen-bond acceptors (Lipinski definition) is 3. The summed E-state index contributed by atoms with van der Waals surface area (Å²) in [6.45, 7) is 0.774. The van der Waals surface area contributed by atoms with Gasteiger partial charge in [0.05, 0.1) is 11.8 Å². The maximum absolute atomic E-state index is 13.4. The molecule has 1 heterocycles. The van der Waals surface area contributed by atoms with Crippen LogP contribution in [0.1, 0.15) is 32.1 Å². The van der Waals surface area contributed by atoms with Crippen LogP contribution < -0.4 is 11.1 Å². The average Bonchev–Trinajstić information content (AvgIpc) is 2.42. The monoisotopic (exact) mass is 266 g/mol. The van der Waals surface area contributed by atoms with Crippen molar-refractivity contribution in [3.8, 4) is 0 Å². The summed E-state index contributed by atoms with van der Waals surface area (Å²) in [5.74, 6) is -0.685. The van der Waals surface area contributed by atoms with Crippen LogP contribution in [0.5, 0.6) is 0 Å². The molecule has 0 aliphatic carbocycles. The van der Waals surface area contributed by atoms with Crippen molar-refractivity contribution in [2.75, 3.05) is 17.7 Å². The Hall–Kier alpha value is -1.62. The van der Waals surface area contributed by atoms with E-state index in [0.717, 1.165) is 25.9 Å². The van der Waals surface area contributed by atoms with Crippen molar-refractivity contribution in [1.29, 1.82) is 0 Å². The van der Waals surface area contributed by atoms with E-state index in [0.29, 0.717) is 18.5 Å². The molecule has 4 nitrogen and oxygen atoms in total. The van der Waals surface area contributed by atoms with Gasteiger partial charge in [0.15, 0.2) is 0 Å². The molecule has 1 aliphatic rings. The number of nitrogens with one attached hydrogen (secondary N) is 1. The van der Waals surface area contributed by atoms with E-state index in [2.05, 4.69) is 5.32 Å². The van der Waals surface area contributed by atoms with Gasteiger partial charge in [-0.15, -0.1) is 0 Å². The molecule has 19 heavy (non-hydrogen) atoms. The Kier molecular flexibility index (Phi) is 4.74. The van der Waals surface area contributed by atoms with E-state index in [1.807, 2.05) is 0 Å². The number of halogens is 1. The summed E-state index contributed by atoms with van der Waals surface area (Å²) >= 11 is 0. The lowest BCUT2D eigenvalue weighted by atomic mass is 10.0. The molecule has 1 aliphatic heterocycles. The maximum Gasteiger partial charge on any atom is 0.224 e. The van der Waals surface area contributed by atoms with Crippen LogP contribution in [0.25, 0.3) is 0 Å². The second kappa shape index (κ2) is 6.52. The number of anilines is 2. The fraction of sp³-hybridized carbons (Fsp3) is 0.500. The van der Waals surface area contributed by atoms with Crippen molar-refractivity contribution in [3.63, 3.8) is 0 Å². The van der Waals surface area contributed by atoms with Gasteiger partial charge in [-0.3, -0.25) is 4.79 Å². The van der Waals surface area contributed by atoms with Gasteiger partial charge in [0.1, 0.15) is 5.82 Å². The van der Waals surface area contributed by atoms with Crippen molar-refractivity contribution < 1.29 is 13.9 Å². The molecule has 1 unspecified atom stereocenters. The highest BCUT2D eigenvalue weighted by Crippen LogP contribution is 2.19. The zero-order chi connectivity index (χ0) is 13.7. The number of benzene rings is 1. The minimum atomic E-state index is -0.475. The van der Waals surface area contributed by atoms with Crippen LogP contribution in [0.2, 0.25) is 0 Å². The maximum atomic E-state index is 13.4. The first kappa shape index (κ1) is 13.8. The summed E-state index contributed by atoms with van der Waals surface area (Å²) in [7, 11) is 0. The molecular weight excluding hydrogens is 247 g/mol. The predicted octanol–water partition coefficient (Wildman–Crippen LogP) is 2.70. The van der Waals surface area contributed by atoms with E-state index >= 15 is 0 Å². The molecule has 1 aromatic rings. The summed E-state index contributed by atoms with van der Waals surface area (Å²) < 4.78 is 19.0. The van der Waals surface area contributed by atoms with Gasteiger partial charge in [0, 0.05) is 18.7 Å². The Morgan fingerprint density at radius 3 is 3.05 bits per heavy atom.